The van der Waals surface area contributed by atoms with E-state index in [1.807, 2.05) is 32.0 Å². The lowest BCUT2D eigenvalue weighted by Gasteiger charge is -2.19. The summed E-state index contributed by atoms with van der Waals surface area (Å²) in [6.45, 7) is 5.34. The molecule has 32 heavy (non-hydrogen) atoms. The number of rotatable bonds is 7. The van der Waals surface area contributed by atoms with Crippen molar-refractivity contribution in [2.45, 2.75) is 31.8 Å². The fourth-order valence-corrected chi connectivity index (χ4v) is 4.47. The number of hydrogen-bond acceptors (Lipinski definition) is 5. The second-order valence-electron chi connectivity index (χ2n) is 7.46. The van der Waals surface area contributed by atoms with E-state index in [4.69, 9.17) is 4.74 Å². The molecule has 1 unspecified atom stereocenters. The maximum Gasteiger partial charge on any atom is 0.340 e. The Labute approximate surface area is 188 Å². The first-order valence-electron chi connectivity index (χ1n) is 10.2. The first kappa shape index (κ1) is 23.2. The van der Waals surface area contributed by atoms with Crippen molar-refractivity contribution in [3.8, 4) is 0 Å². The van der Waals surface area contributed by atoms with Crippen molar-refractivity contribution in [2.24, 2.45) is 0 Å². The number of carbonyl (C=O) groups is 2. The lowest BCUT2D eigenvalue weighted by Crippen LogP contribution is -2.26. The maximum atomic E-state index is 13.1. The van der Waals surface area contributed by atoms with Crippen LogP contribution in [-0.4, -0.2) is 26.0 Å². The fourth-order valence-electron chi connectivity index (χ4n) is 3.39. The van der Waals surface area contributed by atoms with Gasteiger partial charge in [0.2, 0.25) is 6.10 Å². The molecule has 3 rings (SSSR count). The fraction of sp³-hybridized carbons (Fsp3) is 0.200. The molecule has 0 saturated carbocycles. The van der Waals surface area contributed by atoms with E-state index < -0.39 is 27.8 Å². The molecule has 1 amide bonds. The van der Waals surface area contributed by atoms with Gasteiger partial charge in [-0.2, -0.15) is 0 Å². The maximum absolute atomic E-state index is 13.1. The zero-order valence-corrected chi connectivity index (χ0v) is 19.0. The topological polar surface area (TPSA) is 89.5 Å². The van der Waals surface area contributed by atoms with Gasteiger partial charge < -0.3 is 10.1 Å². The van der Waals surface area contributed by atoms with Gasteiger partial charge in [0.15, 0.2) is 9.84 Å². The summed E-state index contributed by atoms with van der Waals surface area (Å²) in [4.78, 5) is 26.0. The third-order valence-corrected chi connectivity index (χ3v) is 6.66. The van der Waals surface area contributed by atoms with Crippen LogP contribution in [0.25, 0.3) is 0 Å². The summed E-state index contributed by atoms with van der Waals surface area (Å²) in [6.07, 6.45) is -1.26. The highest BCUT2D eigenvalue weighted by Crippen LogP contribution is 2.25. The Morgan fingerprint density at radius 3 is 2.12 bits per heavy atom. The van der Waals surface area contributed by atoms with Gasteiger partial charge in [0, 0.05) is 11.3 Å². The van der Waals surface area contributed by atoms with Crippen molar-refractivity contribution in [1.82, 2.24) is 0 Å². The van der Waals surface area contributed by atoms with E-state index in [9.17, 15) is 18.0 Å². The number of benzene rings is 3. The molecule has 0 bridgehead atoms. The van der Waals surface area contributed by atoms with Gasteiger partial charge in [0.05, 0.1) is 16.2 Å². The van der Waals surface area contributed by atoms with Gasteiger partial charge in [0.1, 0.15) is 0 Å². The molecule has 0 radical (unpaired) electrons. The van der Waals surface area contributed by atoms with Crippen LogP contribution in [0.2, 0.25) is 0 Å². The summed E-state index contributed by atoms with van der Waals surface area (Å²) in [5.74, 6) is -1.58. The van der Waals surface area contributed by atoms with E-state index >= 15 is 0 Å². The smallest absolute Gasteiger partial charge is 0.340 e. The van der Waals surface area contributed by atoms with Gasteiger partial charge in [-0.1, -0.05) is 55.5 Å². The number of ether oxygens (including phenoxy) is 1. The van der Waals surface area contributed by atoms with E-state index in [1.165, 1.54) is 19.1 Å². The predicted octanol–water partition coefficient (Wildman–Crippen LogP) is 4.63. The number of anilines is 1. The minimum absolute atomic E-state index is 0.102. The van der Waals surface area contributed by atoms with Crippen LogP contribution >= 0.6 is 0 Å². The van der Waals surface area contributed by atoms with Gasteiger partial charge in [-0.3, -0.25) is 4.79 Å². The molecule has 1 atom stereocenters. The minimum Gasteiger partial charge on any atom is -0.444 e. The second kappa shape index (κ2) is 9.78. The molecule has 0 saturated heterocycles. The van der Waals surface area contributed by atoms with E-state index in [0.29, 0.717) is 11.3 Å². The molecule has 6 nitrogen and oxygen atoms in total. The number of hydrogen-bond donors (Lipinski definition) is 1. The van der Waals surface area contributed by atoms with Crippen LogP contribution < -0.4 is 5.32 Å². The van der Waals surface area contributed by atoms with Gasteiger partial charge in [-0.25, -0.2) is 13.2 Å². The van der Waals surface area contributed by atoms with Crippen LogP contribution in [-0.2, 0) is 19.4 Å². The summed E-state index contributed by atoms with van der Waals surface area (Å²) in [6, 6.07) is 20.1. The van der Waals surface area contributed by atoms with Gasteiger partial charge in [-0.15, -0.1) is 0 Å². The van der Waals surface area contributed by atoms with Crippen molar-refractivity contribution < 1.29 is 22.7 Å². The lowest BCUT2D eigenvalue weighted by molar-refractivity contribution is -0.125. The van der Waals surface area contributed by atoms with Crippen molar-refractivity contribution in [2.75, 3.05) is 11.1 Å². The molecule has 0 heterocycles. The Hall–Kier alpha value is -3.45. The highest BCUT2D eigenvalue weighted by molar-refractivity contribution is 7.91. The average Bonchev–Trinajstić information content (AvgIpc) is 2.77. The van der Waals surface area contributed by atoms with Crippen LogP contribution in [0.15, 0.2) is 77.7 Å². The normalized spacial score (nSPS) is 12.1. The Morgan fingerprint density at radius 2 is 1.50 bits per heavy atom. The molecule has 0 aliphatic rings. The molecule has 3 aromatic rings. The number of esters is 1. The zero-order valence-electron chi connectivity index (χ0n) is 18.2. The summed E-state index contributed by atoms with van der Waals surface area (Å²) in [5, 5.41) is 2.80. The van der Waals surface area contributed by atoms with Gasteiger partial charge >= 0.3 is 5.97 Å². The number of aryl methyl sites for hydroxylation is 2. The SMILES string of the molecule is CCS(=O)(=O)c1ccccc1C(=O)OC(C(=O)Nc1cc(C)cc(C)c1)c1ccccc1. The molecule has 0 aromatic heterocycles. The third-order valence-electron chi connectivity index (χ3n) is 4.88. The average molecular weight is 452 g/mol. The molecule has 0 aliphatic heterocycles. The van der Waals surface area contributed by atoms with Crippen molar-refractivity contribution in [3.63, 3.8) is 0 Å². The number of amides is 1. The zero-order chi connectivity index (χ0) is 23.3. The third kappa shape index (κ3) is 5.42. The lowest BCUT2D eigenvalue weighted by atomic mass is 10.1. The molecule has 3 aromatic carbocycles. The van der Waals surface area contributed by atoms with Crippen LogP contribution in [0.1, 0.15) is 40.1 Å². The van der Waals surface area contributed by atoms with E-state index in [-0.39, 0.29) is 16.2 Å². The van der Waals surface area contributed by atoms with Crippen molar-refractivity contribution >= 4 is 27.4 Å². The number of sulfone groups is 1. The number of nitrogens with one attached hydrogen (secondary N) is 1. The monoisotopic (exact) mass is 451 g/mol. The molecule has 166 valence electrons. The summed E-state index contributed by atoms with van der Waals surface area (Å²) >= 11 is 0. The standard InChI is InChI=1S/C25H25NO5S/c1-4-32(29,30)22-13-9-8-12-21(22)25(28)31-23(19-10-6-5-7-11-19)24(27)26-20-15-17(2)14-18(3)16-20/h5-16,23H,4H2,1-3H3,(H,26,27). The van der Waals surface area contributed by atoms with Crippen molar-refractivity contribution in [1.29, 1.82) is 0 Å². The molecule has 0 aliphatic carbocycles. The van der Waals surface area contributed by atoms with Crippen LogP contribution in [0.5, 0.6) is 0 Å². The van der Waals surface area contributed by atoms with E-state index in [2.05, 4.69) is 5.32 Å². The van der Waals surface area contributed by atoms with Gasteiger partial charge in [-0.05, 0) is 49.2 Å². The van der Waals surface area contributed by atoms with Crippen LogP contribution in [0.4, 0.5) is 5.69 Å². The molecular formula is C25H25NO5S. The Morgan fingerprint density at radius 1 is 0.906 bits per heavy atom. The van der Waals surface area contributed by atoms with Gasteiger partial charge in [0.25, 0.3) is 5.91 Å². The van der Waals surface area contributed by atoms with Crippen LogP contribution in [0.3, 0.4) is 0 Å². The van der Waals surface area contributed by atoms with E-state index in [0.717, 1.165) is 11.1 Å². The largest absolute Gasteiger partial charge is 0.444 e. The second-order valence-corrected chi connectivity index (χ2v) is 9.71. The van der Waals surface area contributed by atoms with Crippen LogP contribution in [0, 0.1) is 13.8 Å². The Bertz CT molecular complexity index is 1220. The molecule has 0 spiro atoms. The first-order valence-corrected chi connectivity index (χ1v) is 11.8. The summed E-state index contributed by atoms with van der Waals surface area (Å²) < 4.78 is 30.4. The number of carbonyl (C=O) groups excluding carboxylic acids is 2. The summed E-state index contributed by atoms with van der Waals surface area (Å²) in [5.41, 5.74) is 2.91. The summed E-state index contributed by atoms with van der Waals surface area (Å²) in [7, 11) is -3.65. The van der Waals surface area contributed by atoms with E-state index in [1.54, 1.807) is 42.5 Å². The molecule has 0 fully saturated rings. The minimum atomic E-state index is -3.65. The Kier molecular flexibility index (Phi) is 7.10. The predicted molar refractivity (Wildman–Crippen MR) is 123 cm³/mol. The first-order chi connectivity index (χ1) is 15.2. The Balaban J connectivity index is 1.95. The highest BCUT2D eigenvalue weighted by Gasteiger charge is 2.29. The van der Waals surface area contributed by atoms with Crippen molar-refractivity contribution in [3.05, 3.63) is 95.1 Å². The quantitative estimate of drug-likeness (QED) is 0.529. The highest BCUT2D eigenvalue weighted by atomic mass is 32.2. The molecular weight excluding hydrogens is 426 g/mol. The molecule has 7 heteroatoms. The molecule has 1 N–H and O–H groups in total.